The Morgan fingerprint density at radius 3 is 2.47 bits per heavy atom. The molecule has 0 aliphatic carbocycles. The van der Waals surface area contributed by atoms with Gasteiger partial charge in [0.05, 0.1) is 12.7 Å². The number of ether oxygens (including phenoxy) is 2. The minimum atomic E-state index is -1.08. The van der Waals surface area contributed by atoms with Crippen molar-refractivity contribution in [1.29, 1.82) is 0 Å². The molecule has 0 unspecified atom stereocenters. The third kappa shape index (κ3) is 2.75. The molecule has 0 saturated carbocycles. The van der Waals surface area contributed by atoms with Crippen LogP contribution in [0.4, 0.5) is 0 Å². The fourth-order valence-electron chi connectivity index (χ4n) is 1.53. The Balaban J connectivity index is 3.44. The van der Waals surface area contributed by atoms with Crippen molar-refractivity contribution in [3.8, 4) is 11.5 Å². The molecule has 1 aromatic carbocycles. The molecule has 0 spiro atoms. The van der Waals surface area contributed by atoms with E-state index in [0.717, 1.165) is 0 Å². The van der Waals surface area contributed by atoms with Crippen LogP contribution in [0, 0.1) is 0 Å². The van der Waals surface area contributed by atoms with Crippen LogP contribution in [-0.2, 0) is 4.79 Å². The van der Waals surface area contributed by atoms with Gasteiger partial charge in [0.25, 0.3) is 6.47 Å². The molecule has 0 aliphatic heterocycles. The normalized spacial score (nSPS) is 10.1. The molecule has 0 aliphatic rings. The lowest BCUT2D eigenvalue weighted by molar-refractivity contribution is -0.120. The largest absolute Gasteiger partial charge is 0.493 e. The van der Waals surface area contributed by atoms with Gasteiger partial charge < -0.3 is 14.6 Å². The van der Waals surface area contributed by atoms with Gasteiger partial charge in [-0.25, -0.2) is 4.79 Å². The van der Waals surface area contributed by atoms with Gasteiger partial charge in [-0.3, -0.25) is 4.79 Å². The molecule has 0 atom stereocenters. The quantitative estimate of drug-likeness (QED) is 0.795. The third-order valence-corrected chi connectivity index (χ3v) is 2.33. The Hall–Kier alpha value is -2.04. The zero-order chi connectivity index (χ0) is 13.0. The van der Waals surface area contributed by atoms with Crippen molar-refractivity contribution >= 4 is 12.4 Å². The van der Waals surface area contributed by atoms with Crippen LogP contribution < -0.4 is 9.47 Å². The summed E-state index contributed by atoms with van der Waals surface area (Å²) in [5.74, 6) is -0.522. The predicted molar refractivity (Wildman–Crippen MR) is 60.7 cm³/mol. The Morgan fingerprint density at radius 1 is 1.41 bits per heavy atom. The van der Waals surface area contributed by atoms with E-state index in [9.17, 15) is 9.59 Å². The SMILES string of the molecule is COc1c(OC=O)cc(C(=O)O)cc1C(C)C. The molecule has 0 saturated heterocycles. The summed E-state index contributed by atoms with van der Waals surface area (Å²) in [4.78, 5) is 21.3. The van der Waals surface area contributed by atoms with Gasteiger partial charge in [-0.1, -0.05) is 13.8 Å². The molecule has 0 aromatic heterocycles. The van der Waals surface area contributed by atoms with E-state index in [1.165, 1.54) is 19.2 Å². The minimum absolute atomic E-state index is 0.0539. The summed E-state index contributed by atoms with van der Waals surface area (Å²) in [6.07, 6.45) is 0. The molecular weight excluding hydrogens is 224 g/mol. The summed E-state index contributed by atoms with van der Waals surface area (Å²) in [5.41, 5.74) is 0.746. The number of carboxylic acids is 1. The van der Waals surface area contributed by atoms with Crippen molar-refractivity contribution in [3.63, 3.8) is 0 Å². The van der Waals surface area contributed by atoms with Crippen molar-refractivity contribution in [3.05, 3.63) is 23.3 Å². The smallest absolute Gasteiger partial charge is 0.335 e. The zero-order valence-electron chi connectivity index (χ0n) is 9.89. The maximum atomic E-state index is 10.9. The highest BCUT2D eigenvalue weighted by molar-refractivity contribution is 5.89. The van der Waals surface area contributed by atoms with Crippen molar-refractivity contribution in [1.82, 2.24) is 0 Å². The van der Waals surface area contributed by atoms with E-state index in [1.54, 1.807) is 0 Å². The molecular formula is C12H14O5. The molecule has 0 amide bonds. The molecule has 1 aromatic rings. The second kappa shape index (κ2) is 5.34. The van der Waals surface area contributed by atoms with Gasteiger partial charge in [0.15, 0.2) is 11.5 Å². The number of rotatable bonds is 5. The molecule has 5 heteroatoms. The van der Waals surface area contributed by atoms with E-state index in [0.29, 0.717) is 11.3 Å². The van der Waals surface area contributed by atoms with Crippen molar-refractivity contribution < 1.29 is 24.2 Å². The Morgan fingerprint density at radius 2 is 2.06 bits per heavy atom. The van der Waals surface area contributed by atoms with Gasteiger partial charge in [0.2, 0.25) is 0 Å². The maximum absolute atomic E-state index is 10.9. The van der Waals surface area contributed by atoms with Crippen LogP contribution in [0.25, 0.3) is 0 Å². The number of hydrogen-bond donors (Lipinski definition) is 1. The number of benzene rings is 1. The van der Waals surface area contributed by atoms with Gasteiger partial charge in [0.1, 0.15) is 0 Å². The zero-order valence-corrected chi connectivity index (χ0v) is 9.89. The summed E-state index contributed by atoms with van der Waals surface area (Å²) < 4.78 is 9.89. The van der Waals surface area contributed by atoms with E-state index in [4.69, 9.17) is 14.6 Å². The Bertz CT molecular complexity index is 437. The molecule has 5 nitrogen and oxygen atoms in total. The topological polar surface area (TPSA) is 72.8 Å². The van der Waals surface area contributed by atoms with Gasteiger partial charge in [-0.2, -0.15) is 0 Å². The van der Waals surface area contributed by atoms with Crippen LogP contribution in [0.2, 0.25) is 0 Å². The lowest BCUT2D eigenvalue weighted by Gasteiger charge is -2.15. The van der Waals surface area contributed by atoms with Crippen molar-refractivity contribution in [2.24, 2.45) is 0 Å². The second-order valence-electron chi connectivity index (χ2n) is 3.77. The van der Waals surface area contributed by atoms with Crippen molar-refractivity contribution in [2.75, 3.05) is 7.11 Å². The Kier molecular flexibility index (Phi) is 4.09. The van der Waals surface area contributed by atoms with Crippen LogP contribution in [0.3, 0.4) is 0 Å². The predicted octanol–water partition coefficient (Wildman–Crippen LogP) is 2.05. The first-order valence-corrected chi connectivity index (χ1v) is 5.06. The van der Waals surface area contributed by atoms with E-state index >= 15 is 0 Å². The lowest BCUT2D eigenvalue weighted by Crippen LogP contribution is -2.04. The number of hydrogen-bond acceptors (Lipinski definition) is 4. The number of carboxylic acid groups (broad SMARTS) is 1. The Labute approximate surface area is 99.0 Å². The monoisotopic (exact) mass is 238 g/mol. The van der Waals surface area contributed by atoms with Gasteiger partial charge in [-0.15, -0.1) is 0 Å². The summed E-state index contributed by atoms with van der Waals surface area (Å²) in [6, 6.07) is 2.78. The number of carbonyl (C=O) groups excluding carboxylic acids is 1. The highest BCUT2D eigenvalue weighted by Crippen LogP contribution is 2.36. The van der Waals surface area contributed by atoms with E-state index in [2.05, 4.69) is 0 Å². The lowest BCUT2D eigenvalue weighted by atomic mass is 9.99. The molecule has 0 radical (unpaired) electrons. The van der Waals surface area contributed by atoms with Crippen LogP contribution >= 0.6 is 0 Å². The fourth-order valence-corrected chi connectivity index (χ4v) is 1.53. The third-order valence-electron chi connectivity index (χ3n) is 2.33. The van der Waals surface area contributed by atoms with Gasteiger partial charge in [0, 0.05) is 5.56 Å². The van der Waals surface area contributed by atoms with Gasteiger partial charge in [-0.05, 0) is 18.1 Å². The molecule has 1 rings (SSSR count). The van der Waals surface area contributed by atoms with E-state index in [1.807, 2.05) is 13.8 Å². The molecule has 1 N–H and O–H groups in total. The average molecular weight is 238 g/mol. The summed E-state index contributed by atoms with van der Waals surface area (Å²) in [7, 11) is 1.44. The van der Waals surface area contributed by atoms with Crippen LogP contribution in [0.1, 0.15) is 35.7 Å². The highest BCUT2D eigenvalue weighted by atomic mass is 16.5. The first-order chi connectivity index (χ1) is 8.01. The van der Waals surface area contributed by atoms with Crippen molar-refractivity contribution in [2.45, 2.75) is 19.8 Å². The molecule has 17 heavy (non-hydrogen) atoms. The number of methoxy groups -OCH3 is 1. The molecule has 92 valence electrons. The number of carbonyl (C=O) groups is 2. The van der Waals surface area contributed by atoms with Gasteiger partial charge >= 0.3 is 5.97 Å². The molecule has 0 heterocycles. The highest BCUT2D eigenvalue weighted by Gasteiger charge is 2.18. The number of aromatic carboxylic acids is 1. The summed E-state index contributed by atoms with van der Waals surface area (Å²) >= 11 is 0. The van der Waals surface area contributed by atoms with Crippen LogP contribution in [-0.4, -0.2) is 24.7 Å². The summed E-state index contributed by atoms with van der Waals surface area (Å²) in [6.45, 7) is 4.04. The maximum Gasteiger partial charge on any atom is 0.335 e. The molecule has 0 fully saturated rings. The standard InChI is InChI=1S/C12H14O5/c1-7(2)9-4-8(12(14)15)5-10(17-6-13)11(9)16-3/h4-7H,1-3H3,(H,14,15). The molecule has 0 bridgehead atoms. The first-order valence-electron chi connectivity index (χ1n) is 5.06. The minimum Gasteiger partial charge on any atom is -0.493 e. The summed E-state index contributed by atoms with van der Waals surface area (Å²) in [5, 5.41) is 8.96. The first kappa shape index (κ1) is 13.0. The second-order valence-corrected chi connectivity index (χ2v) is 3.77. The van der Waals surface area contributed by atoms with Crippen LogP contribution in [0.15, 0.2) is 12.1 Å². The average Bonchev–Trinajstić information content (AvgIpc) is 2.28. The van der Waals surface area contributed by atoms with E-state index < -0.39 is 5.97 Å². The van der Waals surface area contributed by atoms with E-state index in [-0.39, 0.29) is 23.7 Å². The fraction of sp³-hybridized carbons (Fsp3) is 0.333. The van der Waals surface area contributed by atoms with Crippen LogP contribution in [0.5, 0.6) is 11.5 Å².